The Balaban J connectivity index is 1.14. The molecule has 0 saturated carbocycles. The Labute approximate surface area is 280 Å². The predicted molar refractivity (Wildman–Crippen MR) is 193 cm³/mol. The lowest BCUT2D eigenvalue weighted by atomic mass is 10.0. The van der Waals surface area contributed by atoms with Gasteiger partial charge in [-0.1, -0.05) is 78.9 Å². The number of para-hydroxylation sites is 3. The van der Waals surface area contributed by atoms with E-state index < -0.39 is 0 Å². The van der Waals surface area contributed by atoms with Gasteiger partial charge in [-0.15, -0.1) is 0 Å². The molecule has 0 aliphatic rings. The number of rotatable bonds is 4. The van der Waals surface area contributed by atoms with Crippen LogP contribution < -0.4 is 4.57 Å². The Bertz CT molecular complexity index is 2880. The lowest BCUT2D eigenvalue weighted by molar-refractivity contribution is -0.633. The Kier molecular flexibility index (Phi) is 5.87. The van der Waals surface area contributed by atoms with Crippen molar-refractivity contribution in [3.8, 4) is 39.6 Å². The van der Waals surface area contributed by atoms with Gasteiger partial charge in [0.05, 0.1) is 7.05 Å². The molecular formula is C42H28N5O2+. The second-order valence-electron chi connectivity index (χ2n) is 12.5. The van der Waals surface area contributed by atoms with Crippen LogP contribution in [-0.4, -0.2) is 19.5 Å². The Morgan fingerprint density at radius 1 is 0.592 bits per heavy atom. The van der Waals surface area contributed by atoms with Crippen LogP contribution >= 0.6 is 0 Å². The molecule has 0 aliphatic carbocycles. The van der Waals surface area contributed by atoms with Gasteiger partial charge in [0.15, 0.2) is 22.4 Å². The summed E-state index contributed by atoms with van der Waals surface area (Å²) in [4.78, 5) is 12.5. The molecule has 49 heavy (non-hydrogen) atoms. The summed E-state index contributed by atoms with van der Waals surface area (Å²) < 4.78 is 17.7. The van der Waals surface area contributed by atoms with Gasteiger partial charge in [0.2, 0.25) is 0 Å². The third kappa shape index (κ3) is 4.15. The second-order valence-corrected chi connectivity index (χ2v) is 12.5. The zero-order chi connectivity index (χ0) is 32.6. The van der Waals surface area contributed by atoms with Crippen molar-refractivity contribution in [2.45, 2.75) is 6.92 Å². The van der Waals surface area contributed by atoms with Crippen LogP contribution in [0.3, 0.4) is 0 Å². The zero-order valence-corrected chi connectivity index (χ0v) is 26.8. The van der Waals surface area contributed by atoms with E-state index >= 15 is 0 Å². The van der Waals surface area contributed by atoms with E-state index in [0.717, 1.165) is 94.2 Å². The van der Waals surface area contributed by atoms with Gasteiger partial charge in [-0.25, -0.2) is 19.5 Å². The third-order valence-corrected chi connectivity index (χ3v) is 9.68. The summed E-state index contributed by atoms with van der Waals surface area (Å²) in [5, 5.41) is 4.25. The maximum absolute atomic E-state index is 6.82. The van der Waals surface area contributed by atoms with Crippen molar-refractivity contribution in [1.29, 1.82) is 0 Å². The number of furan rings is 2. The average Bonchev–Trinajstić information content (AvgIpc) is 3.80. The molecule has 232 valence electrons. The van der Waals surface area contributed by atoms with Gasteiger partial charge in [-0.3, -0.25) is 0 Å². The predicted octanol–water partition coefficient (Wildman–Crippen LogP) is 9.75. The van der Waals surface area contributed by atoms with Crippen molar-refractivity contribution in [3.63, 3.8) is 0 Å². The monoisotopic (exact) mass is 634 g/mol. The standard InChI is InChI=1S/C42H28N5O2/c1-25-11-20-31-33-22-37-32(30-7-3-6-10-36(30)48-37)21-38(33)49-40(31)39(25)42-46(2)34-8-4-5-9-35(34)47(42)29-18-16-27(17-19-29)26-12-14-28(15-13-26)41-44-23-43-24-45-41/h3-24H,1-2H3/q+1. The molecule has 0 spiro atoms. The van der Waals surface area contributed by atoms with Crippen LogP contribution in [0.1, 0.15) is 5.56 Å². The van der Waals surface area contributed by atoms with E-state index in [1.807, 2.05) is 30.3 Å². The van der Waals surface area contributed by atoms with E-state index in [9.17, 15) is 0 Å². The number of fused-ring (bicyclic) bond motifs is 7. The second kappa shape index (κ2) is 10.5. The van der Waals surface area contributed by atoms with Crippen molar-refractivity contribution in [2.75, 3.05) is 0 Å². The molecule has 7 heteroatoms. The number of aryl methyl sites for hydroxylation is 2. The first kappa shape index (κ1) is 27.5. The summed E-state index contributed by atoms with van der Waals surface area (Å²) >= 11 is 0. The first-order valence-corrected chi connectivity index (χ1v) is 16.2. The molecule has 6 aromatic carbocycles. The number of aromatic nitrogens is 5. The lowest BCUT2D eigenvalue weighted by Gasteiger charge is -2.09. The van der Waals surface area contributed by atoms with Crippen LogP contribution in [0.4, 0.5) is 0 Å². The minimum absolute atomic E-state index is 0.661. The van der Waals surface area contributed by atoms with Crippen molar-refractivity contribution < 1.29 is 13.4 Å². The van der Waals surface area contributed by atoms with E-state index in [1.165, 1.54) is 12.7 Å². The highest BCUT2D eigenvalue weighted by atomic mass is 16.3. The lowest BCUT2D eigenvalue weighted by Crippen LogP contribution is -2.30. The Morgan fingerprint density at radius 3 is 2.04 bits per heavy atom. The van der Waals surface area contributed by atoms with Gasteiger partial charge in [-0.2, -0.15) is 4.57 Å². The normalized spacial score (nSPS) is 11.9. The van der Waals surface area contributed by atoms with Gasteiger partial charge >= 0.3 is 0 Å². The molecule has 0 bridgehead atoms. The average molecular weight is 635 g/mol. The molecule has 0 radical (unpaired) electrons. The Morgan fingerprint density at radius 2 is 1.24 bits per heavy atom. The number of hydrogen-bond donors (Lipinski definition) is 0. The van der Waals surface area contributed by atoms with E-state index in [0.29, 0.717) is 5.82 Å². The van der Waals surface area contributed by atoms with E-state index in [-0.39, 0.29) is 0 Å². The summed E-state index contributed by atoms with van der Waals surface area (Å²) in [6.07, 6.45) is 3.04. The molecule has 0 unspecified atom stereocenters. The molecule has 0 aliphatic heterocycles. The number of hydrogen-bond acceptors (Lipinski definition) is 5. The highest BCUT2D eigenvalue weighted by Gasteiger charge is 2.30. The molecule has 7 nitrogen and oxygen atoms in total. The molecule has 4 heterocycles. The molecule has 10 rings (SSSR count). The maximum Gasteiger partial charge on any atom is 0.298 e. The fourth-order valence-electron chi connectivity index (χ4n) is 7.29. The summed E-state index contributed by atoms with van der Waals surface area (Å²) in [5.74, 6) is 1.71. The molecule has 0 amide bonds. The number of nitrogens with zero attached hydrogens (tertiary/aromatic N) is 5. The highest BCUT2D eigenvalue weighted by molar-refractivity contribution is 6.16. The molecule has 0 fully saturated rings. The minimum Gasteiger partial charge on any atom is -0.456 e. The van der Waals surface area contributed by atoms with E-state index in [4.69, 9.17) is 8.83 Å². The fourth-order valence-corrected chi connectivity index (χ4v) is 7.29. The van der Waals surface area contributed by atoms with Crippen molar-refractivity contribution in [3.05, 3.63) is 140 Å². The van der Waals surface area contributed by atoms with E-state index in [2.05, 4.69) is 129 Å². The van der Waals surface area contributed by atoms with E-state index in [1.54, 1.807) is 0 Å². The first-order valence-electron chi connectivity index (χ1n) is 16.2. The summed E-state index contributed by atoms with van der Waals surface area (Å²) in [5.41, 5.74) is 12.2. The van der Waals surface area contributed by atoms with Crippen LogP contribution in [0.5, 0.6) is 0 Å². The van der Waals surface area contributed by atoms with Crippen LogP contribution in [0.25, 0.3) is 94.5 Å². The highest BCUT2D eigenvalue weighted by Crippen LogP contribution is 2.42. The third-order valence-electron chi connectivity index (χ3n) is 9.68. The van der Waals surface area contributed by atoms with Gasteiger partial charge < -0.3 is 8.83 Å². The minimum atomic E-state index is 0.661. The van der Waals surface area contributed by atoms with Crippen molar-refractivity contribution in [1.82, 2.24) is 19.5 Å². The van der Waals surface area contributed by atoms with Crippen LogP contribution in [0.15, 0.2) is 143 Å². The van der Waals surface area contributed by atoms with Gasteiger partial charge in [0.1, 0.15) is 40.7 Å². The quantitative estimate of drug-likeness (QED) is 0.180. The zero-order valence-electron chi connectivity index (χ0n) is 26.8. The smallest absolute Gasteiger partial charge is 0.298 e. The first-order chi connectivity index (χ1) is 24.1. The van der Waals surface area contributed by atoms with Crippen LogP contribution in [0.2, 0.25) is 0 Å². The SMILES string of the molecule is Cc1ccc2c(oc3cc4c(cc32)oc2ccccc24)c1-c1n(-c2ccc(-c3ccc(-c4ncncn4)cc3)cc2)c2ccccc2[n+]1C. The van der Waals surface area contributed by atoms with Crippen molar-refractivity contribution in [2.24, 2.45) is 7.05 Å². The molecule has 0 saturated heterocycles. The fraction of sp³-hybridized carbons (Fsp3) is 0.0476. The maximum atomic E-state index is 6.82. The number of imidazole rings is 1. The molecule has 0 atom stereocenters. The summed E-state index contributed by atoms with van der Waals surface area (Å²) in [7, 11) is 2.14. The largest absolute Gasteiger partial charge is 0.456 e. The summed E-state index contributed by atoms with van der Waals surface area (Å²) in [6.45, 7) is 2.16. The van der Waals surface area contributed by atoms with Crippen LogP contribution in [-0.2, 0) is 7.05 Å². The molecule has 4 aromatic heterocycles. The molecule has 10 aromatic rings. The van der Waals surface area contributed by atoms with Crippen molar-refractivity contribution >= 4 is 54.9 Å². The Hall–Kier alpha value is -6.60. The summed E-state index contributed by atoms with van der Waals surface area (Å²) in [6, 6.07) is 42.4. The van der Waals surface area contributed by atoms with Crippen LogP contribution in [0, 0.1) is 6.92 Å². The molecule has 0 N–H and O–H groups in total. The number of benzene rings is 6. The van der Waals surface area contributed by atoms with Gasteiger partial charge in [0, 0.05) is 27.1 Å². The van der Waals surface area contributed by atoms with Gasteiger partial charge in [0.25, 0.3) is 5.82 Å². The molecular weight excluding hydrogens is 606 g/mol. The topological polar surface area (TPSA) is 73.8 Å². The van der Waals surface area contributed by atoms with Gasteiger partial charge in [-0.05, 0) is 66.1 Å².